The van der Waals surface area contributed by atoms with Crippen LogP contribution < -0.4 is 5.32 Å². The normalized spacial score (nSPS) is 10.3. The Labute approximate surface area is 103 Å². The van der Waals surface area contributed by atoms with Crippen molar-refractivity contribution in [2.24, 2.45) is 0 Å². The van der Waals surface area contributed by atoms with Gasteiger partial charge in [0, 0.05) is 10.7 Å². The van der Waals surface area contributed by atoms with Crippen LogP contribution in [0.2, 0.25) is 5.02 Å². The van der Waals surface area contributed by atoms with Gasteiger partial charge in [0.05, 0.1) is 5.69 Å². The predicted octanol–water partition coefficient (Wildman–Crippen LogP) is 2.33. The maximum absolute atomic E-state index is 11.9. The van der Waals surface area contributed by atoms with Crippen molar-refractivity contribution < 1.29 is 4.79 Å². The summed E-state index contributed by atoms with van der Waals surface area (Å²) in [6, 6.07) is 5.26. The zero-order valence-corrected chi connectivity index (χ0v) is 10.2. The van der Waals surface area contributed by atoms with Gasteiger partial charge in [0.25, 0.3) is 5.91 Å². The highest BCUT2D eigenvalue weighted by molar-refractivity contribution is 6.30. The molecule has 0 radical (unpaired) electrons. The molecule has 0 aliphatic carbocycles. The monoisotopic (exact) mass is 250 g/mol. The summed E-state index contributed by atoms with van der Waals surface area (Å²) in [5.41, 5.74) is 2.46. The Morgan fingerprint density at radius 3 is 2.71 bits per heavy atom. The van der Waals surface area contributed by atoms with E-state index in [1.807, 2.05) is 6.92 Å². The molecule has 0 saturated heterocycles. The number of rotatable bonds is 2. The molecule has 0 fully saturated rings. The van der Waals surface area contributed by atoms with Gasteiger partial charge in [0.1, 0.15) is 0 Å². The second-order valence-electron chi connectivity index (χ2n) is 3.67. The molecule has 2 N–H and O–H groups in total. The molecule has 2 rings (SSSR count). The van der Waals surface area contributed by atoms with Gasteiger partial charge >= 0.3 is 0 Å². The molecule has 17 heavy (non-hydrogen) atoms. The van der Waals surface area contributed by atoms with E-state index in [9.17, 15) is 4.79 Å². The molecule has 0 unspecified atom stereocenters. The summed E-state index contributed by atoms with van der Waals surface area (Å²) >= 11 is 5.84. The van der Waals surface area contributed by atoms with Gasteiger partial charge in [-0.1, -0.05) is 11.6 Å². The molecule has 0 saturated carbocycles. The number of anilines is 1. The zero-order chi connectivity index (χ0) is 12.4. The van der Waals surface area contributed by atoms with Crippen LogP contribution in [0.3, 0.4) is 0 Å². The Kier molecular flexibility index (Phi) is 3.10. The molecule has 0 spiro atoms. The van der Waals surface area contributed by atoms with E-state index in [1.165, 1.54) is 0 Å². The highest BCUT2D eigenvalue weighted by Crippen LogP contribution is 2.20. The Hall–Kier alpha value is -1.88. The number of H-pyrrole nitrogens is 1. The van der Waals surface area contributed by atoms with Gasteiger partial charge in [-0.2, -0.15) is 15.4 Å². The Bertz CT molecular complexity index is 564. The van der Waals surface area contributed by atoms with Gasteiger partial charge in [0.2, 0.25) is 0 Å². The van der Waals surface area contributed by atoms with E-state index in [-0.39, 0.29) is 5.91 Å². The average molecular weight is 251 g/mol. The van der Waals surface area contributed by atoms with Gasteiger partial charge in [0.15, 0.2) is 5.69 Å². The third kappa shape index (κ3) is 2.45. The van der Waals surface area contributed by atoms with Crippen molar-refractivity contribution in [2.75, 3.05) is 5.32 Å². The van der Waals surface area contributed by atoms with E-state index < -0.39 is 0 Å². The zero-order valence-electron chi connectivity index (χ0n) is 9.41. The number of carbonyl (C=O) groups is 1. The van der Waals surface area contributed by atoms with Crippen LogP contribution in [-0.4, -0.2) is 21.3 Å². The van der Waals surface area contributed by atoms with Crippen molar-refractivity contribution in [3.05, 3.63) is 40.2 Å². The summed E-state index contributed by atoms with van der Waals surface area (Å²) in [4.78, 5) is 11.9. The number of nitrogens with zero attached hydrogens (tertiary/aromatic N) is 2. The van der Waals surface area contributed by atoms with Crippen LogP contribution in [0.5, 0.6) is 0 Å². The topological polar surface area (TPSA) is 70.7 Å². The Morgan fingerprint density at radius 2 is 2.12 bits per heavy atom. The summed E-state index contributed by atoms with van der Waals surface area (Å²) in [5, 5.41) is 13.4. The number of benzene rings is 1. The van der Waals surface area contributed by atoms with Crippen LogP contribution in [0, 0.1) is 13.8 Å². The molecule has 0 aliphatic heterocycles. The second-order valence-corrected chi connectivity index (χ2v) is 4.11. The lowest BCUT2D eigenvalue weighted by Gasteiger charge is -2.07. The van der Waals surface area contributed by atoms with Crippen molar-refractivity contribution >= 4 is 23.2 Å². The van der Waals surface area contributed by atoms with Gasteiger partial charge < -0.3 is 5.32 Å². The van der Waals surface area contributed by atoms with Crippen LogP contribution >= 0.6 is 11.6 Å². The quantitative estimate of drug-likeness (QED) is 0.859. The maximum atomic E-state index is 11.9. The largest absolute Gasteiger partial charge is 0.320 e. The van der Waals surface area contributed by atoms with Gasteiger partial charge in [-0.3, -0.25) is 4.79 Å². The summed E-state index contributed by atoms with van der Waals surface area (Å²) in [7, 11) is 0. The smallest absolute Gasteiger partial charge is 0.278 e. The molecule has 6 heteroatoms. The number of hydrogen-bond donors (Lipinski definition) is 2. The van der Waals surface area contributed by atoms with E-state index in [0.717, 1.165) is 5.56 Å². The first-order valence-corrected chi connectivity index (χ1v) is 5.40. The number of carbonyl (C=O) groups excluding carboxylic acids is 1. The van der Waals surface area contributed by atoms with Crippen LogP contribution in [0.4, 0.5) is 5.69 Å². The predicted molar refractivity (Wildman–Crippen MR) is 65.3 cm³/mol. The number of aromatic amines is 1. The van der Waals surface area contributed by atoms with Crippen molar-refractivity contribution in [3.8, 4) is 0 Å². The molecule has 1 aromatic heterocycles. The van der Waals surface area contributed by atoms with Crippen LogP contribution in [0.15, 0.2) is 18.2 Å². The van der Waals surface area contributed by atoms with E-state index in [0.29, 0.717) is 22.1 Å². The minimum atomic E-state index is -0.290. The summed E-state index contributed by atoms with van der Waals surface area (Å²) < 4.78 is 0. The molecular formula is C11H11ClN4O. The summed E-state index contributed by atoms with van der Waals surface area (Å²) in [5.74, 6) is -0.290. The number of aromatic nitrogens is 3. The van der Waals surface area contributed by atoms with Crippen LogP contribution in [-0.2, 0) is 0 Å². The molecule has 0 atom stereocenters. The maximum Gasteiger partial charge on any atom is 0.278 e. The highest BCUT2D eigenvalue weighted by Gasteiger charge is 2.14. The van der Waals surface area contributed by atoms with Crippen molar-refractivity contribution in [1.82, 2.24) is 15.4 Å². The highest BCUT2D eigenvalue weighted by atomic mass is 35.5. The number of aryl methyl sites for hydroxylation is 2. The minimum absolute atomic E-state index is 0.290. The lowest BCUT2D eigenvalue weighted by Crippen LogP contribution is -2.14. The first kappa shape index (κ1) is 11.6. The lowest BCUT2D eigenvalue weighted by atomic mass is 10.2. The number of halogens is 1. The number of nitrogens with one attached hydrogen (secondary N) is 2. The molecule has 1 amide bonds. The molecule has 1 heterocycles. The fourth-order valence-corrected chi connectivity index (χ4v) is 1.67. The molecule has 2 aromatic rings. The Morgan fingerprint density at radius 1 is 1.35 bits per heavy atom. The number of amides is 1. The SMILES string of the molecule is Cc1cc(Cl)ccc1NC(=O)c1n[nH]nc1C. The standard InChI is InChI=1S/C11H11ClN4O/c1-6-5-8(12)3-4-9(6)13-11(17)10-7(2)14-16-15-10/h3-5H,1-2H3,(H,13,17)(H,14,15,16). The first-order valence-electron chi connectivity index (χ1n) is 5.03. The van der Waals surface area contributed by atoms with Crippen LogP contribution in [0.1, 0.15) is 21.7 Å². The van der Waals surface area contributed by atoms with Crippen LogP contribution in [0.25, 0.3) is 0 Å². The molecule has 88 valence electrons. The summed E-state index contributed by atoms with van der Waals surface area (Å²) in [6.45, 7) is 3.59. The third-order valence-electron chi connectivity index (χ3n) is 2.37. The minimum Gasteiger partial charge on any atom is -0.320 e. The van der Waals surface area contributed by atoms with E-state index >= 15 is 0 Å². The molecule has 0 aliphatic rings. The van der Waals surface area contributed by atoms with Gasteiger partial charge in [-0.05, 0) is 37.6 Å². The van der Waals surface area contributed by atoms with Gasteiger partial charge in [-0.25, -0.2) is 0 Å². The third-order valence-corrected chi connectivity index (χ3v) is 2.61. The number of hydrogen-bond acceptors (Lipinski definition) is 3. The molecule has 5 nitrogen and oxygen atoms in total. The van der Waals surface area contributed by atoms with E-state index in [2.05, 4.69) is 20.7 Å². The van der Waals surface area contributed by atoms with E-state index in [1.54, 1.807) is 25.1 Å². The Balaban J connectivity index is 2.22. The lowest BCUT2D eigenvalue weighted by molar-refractivity contribution is 0.102. The molecule has 1 aromatic carbocycles. The fourth-order valence-electron chi connectivity index (χ4n) is 1.45. The average Bonchev–Trinajstić information content (AvgIpc) is 2.68. The van der Waals surface area contributed by atoms with Crippen molar-refractivity contribution in [2.45, 2.75) is 13.8 Å². The molecular weight excluding hydrogens is 240 g/mol. The van der Waals surface area contributed by atoms with Crippen molar-refractivity contribution in [3.63, 3.8) is 0 Å². The first-order chi connectivity index (χ1) is 8.08. The van der Waals surface area contributed by atoms with Crippen molar-refractivity contribution in [1.29, 1.82) is 0 Å². The van der Waals surface area contributed by atoms with E-state index in [4.69, 9.17) is 11.6 Å². The fraction of sp³-hybridized carbons (Fsp3) is 0.182. The summed E-state index contributed by atoms with van der Waals surface area (Å²) in [6.07, 6.45) is 0. The second kappa shape index (κ2) is 4.55. The van der Waals surface area contributed by atoms with Gasteiger partial charge in [-0.15, -0.1) is 0 Å². The molecule has 0 bridgehead atoms.